The number of nitrogens with zero attached hydrogens (tertiary/aromatic N) is 4. The minimum absolute atomic E-state index is 0.189. The van der Waals surface area contributed by atoms with Crippen molar-refractivity contribution in [2.24, 2.45) is 0 Å². The lowest BCUT2D eigenvalue weighted by molar-refractivity contribution is 0.976. The normalized spacial score (nSPS) is 11.2. The molecule has 0 bridgehead atoms. The van der Waals surface area contributed by atoms with Gasteiger partial charge in [0.15, 0.2) is 5.65 Å². The number of fused-ring (bicyclic) bond motifs is 3. The Labute approximate surface area is 132 Å². The highest BCUT2D eigenvalue weighted by Gasteiger charge is 2.15. The summed E-state index contributed by atoms with van der Waals surface area (Å²) in [6.45, 7) is 5.74. The van der Waals surface area contributed by atoms with Crippen molar-refractivity contribution in [2.75, 3.05) is 0 Å². The van der Waals surface area contributed by atoms with Crippen LogP contribution in [0.5, 0.6) is 0 Å². The molecular formula is C18H14N4O. The van der Waals surface area contributed by atoms with E-state index in [1.165, 1.54) is 0 Å². The number of para-hydroxylation sites is 1. The van der Waals surface area contributed by atoms with E-state index < -0.39 is 0 Å². The first-order valence-corrected chi connectivity index (χ1v) is 7.28. The monoisotopic (exact) mass is 302 g/mol. The van der Waals surface area contributed by atoms with Crippen molar-refractivity contribution in [2.45, 2.75) is 6.92 Å². The van der Waals surface area contributed by atoms with Crippen LogP contribution < -0.4 is 5.56 Å². The Morgan fingerprint density at radius 3 is 2.74 bits per heavy atom. The molecule has 3 heterocycles. The van der Waals surface area contributed by atoms with Gasteiger partial charge < -0.3 is 0 Å². The molecule has 5 nitrogen and oxygen atoms in total. The maximum absolute atomic E-state index is 13.0. The molecule has 23 heavy (non-hydrogen) atoms. The smallest absolute Gasteiger partial charge is 0.292 e. The van der Waals surface area contributed by atoms with Crippen LogP contribution in [0.3, 0.4) is 0 Å². The second-order valence-electron chi connectivity index (χ2n) is 5.33. The molecule has 0 aliphatic rings. The van der Waals surface area contributed by atoms with Gasteiger partial charge in [-0.15, -0.1) is 0 Å². The summed E-state index contributed by atoms with van der Waals surface area (Å²) in [4.78, 5) is 21.8. The molecular weight excluding hydrogens is 288 g/mol. The van der Waals surface area contributed by atoms with Gasteiger partial charge >= 0.3 is 0 Å². The van der Waals surface area contributed by atoms with Crippen LogP contribution in [0.2, 0.25) is 0 Å². The van der Waals surface area contributed by atoms with Gasteiger partial charge in [0.05, 0.1) is 16.9 Å². The summed E-state index contributed by atoms with van der Waals surface area (Å²) in [7, 11) is 0. The van der Waals surface area contributed by atoms with Gasteiger partial charge in [-0.1, -0.05) is 24.8 Å². The number of pyridine rings is 1. The Kier molecular flexibility index (Phi) is 2.87. The van der Waals surface area contributed by atoms with E-state index in [-0.39, 0.29) is 5.56 Å². The van der Waals surface area contributed by atoms with Gasteiger partial charge in [-0.2, -0.15) is 0 Å². The first-order valence-electron chi connectivity index (χ1n) is 7.28. The Hall–Kier alpha value is -3.21. The molecule has 5 heteroatoms. The number of imidazole rings is 1. The summed E-state index contributed by atoms with van der Waals surface area (Å²) in [6, 6.07) is 11.6. The summed E-state index contributed by atoms with van der Waals surface area (Å²) in [6.07, 6.45) is 5.07. The molecule has 4 rings (SSSR count). The van der Waals surface area contributed by atoms with Crippen LogP contribution in [0.15, 0.2) is 60.2 Å². The van der Waals surface area contributed by atoms with Crippen LogP contribution in [0.1, 0.15) is 11.3 Å². The van der Waals surface area contributed by atoms with Crippen LogP contribution in [0, 0.1) is 6.92 Å². The van der Waals surface area contributed by atoms with Crippen molar-refractivity contribution in [3.05, 3.63) is 77.0 Å². The summed E-state index contributed by atoms with van der Waals surface area (Å²) in [5.41, 5.74) is 4.13. The number of hydrogen-bond acceptors (Lipinski definition) is 3. The van der Waals surface area contributed by atoms with Crippen molar-refractivity contribution in [1.29, 1.82) is 0 Å². The molecule has 112 valence electrons. The van der Waals surface area contributed by atoms with Crippen LogP contribution in [0.4, 0.5) is 0 Å². The van der Waals surface area contributed by atoms with Gasteiger partial charge in [0, 0.05) is 12.4 Å². The molecule has 0 aliphatic carbocycles. The topological polar surface area (TPSA) is 52.2 Å². The molecule has 3 aromatic heterocycles. The first kappa shape index (κ1) is 13.5. The van der Waals surface area contributed by atoms with E-state index in [4.69, 9.17) is 0 Å². The predicted molar refractivity (Wildman–Crippen MR) is 90.9 cm³/mol. The van der Waals surface area contributed by atoms with Gasteiger partial charge in [0.1, 0.15) is 0 Å². The second kappa shape index (κ2) is 4.91. The Morgan fingerprint density at radius 1 is 1.13 bits per heavy atom. The standard InChI is InChI=1S/C18H14N4O/c1-3-13-8-9-15-16(20-13)22(14-7-5-4-6-12(14)2)18(23)17-19-10-11-21(15)17/h3-11H,1H2,2H3. The van der Waals surface area contributed by atoms with Crippen molar-refractivity contribution in [1.82, 2.24) is 18.9 Å². The molecule has 0 spiro atoms. The zero-order chi connectivity index (χ0) is 16.0. The van der Waals surface area contributed by atoms with Gasteiger partial charge in [-0.3, -0.25) is 13.8 Å². The molecule has 0 fully saturated rings. The second-order valence-corrected chi connectivity index (χ2v) is 5.33. The molecule has 4 aromatic rings. The largest absolute Gasteiger partial charge is 0.300 e. The molecule has 0 saturated carbocycles. The van der Waals surface area contributed by atoms with Crippen LogP contribution >= 0.6 is 0 Å². The molecule has 0 saturated heterocycles. The lowest BCUT2D eigenvalue weighted by Gasteiger charge is -2.13. The Balaban J connectivity index is 2.28. The molecule has 1 aromatic carbocycles. The highest BCUT2D eigenvalue weighted by atomic mass is 16.1. The maximum Gasteiger partial charge on any atom is 0.300 e. The molecule has 0 amide bonds. The minimum atomic E-state index is -0.189. The minimum Gasteiger partial charge on any atom is -0.292 e. The summed E-state index contributed by atoms with van der Waals surface area (Å²) >= 11 is 0. The number of aryl methyl sites for hydroxylation is 1. The molecule has 0 atom stereocenters. The third-order valence-electron chi connectivity index (χ3n) is 3.95. The average Bonchev–Trinajstić information content (AvgIpc) is 3.06. The number of aromatic nitrogens is 4. The van der Waals surface area contributed by atoms with Crippen LogP contribution in [-0.4, -0.2) is 18.9 Å². The van der Waals surface area contributed by atoms with Gasteiger partial charge in [-0.05, 0) is 36.8 Å². The van der Waals surface area contributed by atoms with E-state index in [0.717, 1.165) is 22.5 Å². The van der Waals surface area contributed by atoms with E-state index in [1.807, 2.05) is 43.3 Å². The fourth-order valence-corrected chi connectivity index (χ4v) is 2.81. The SMILES string of the molecule is C=Cc1ccc2c(n1)n(-c1ccccc1C)c(=O)c1nccn12. The highest BCUT2D eigenvalue weighted by Crippen LogP contribution is 2.19. The fourth-order valence-electron chi connectivity index (χ4n) is 2.81. The number of rotatable bonds is 2. The summed E-state index contributed by atoms with van der Waals surface area (Å²) in [5, 5.41) is 0. The molecule has 0 aliphatic heterocycles. The number of hydrogen-bond donors (Lipinski definition) is 0. The van der Waals surface area contributed by atoms with E-state index in [9.17, 15) is 4.79 Å². The molecule has 0 unspecified atom stereocenters. The lowest BCUT2D eigenvalue weighted by atomic mass is 10.2. The van der Waals surface area contributed by atoms with Crippen LogP contribution in [-0.2, 0) is 0 Å². The lowest BCUT2D eigenvalue weighted by Crippen LogP contribution is -2.23. The van der Waals surface area contributed by atoms with Crippen molar-refractivity contribution < 1.29 is 0 Å². The van der Waals surface area contributed by atoms with E-state index in [2.05, 4.69) is 16.5 Å². The quantitative estimate of drug-likeness (QED) is 0.572. The van der Waals surface area contributed by atoms with Gasteiger partial charge in [0.2, 0.25) is 5.65 Å². The Morgan fingerprint density at radius 2 is 1.96 bits per heavy atom. The van der Waals surface area contributed by atoms with Crippen molar-refractivity contribution >= 4 is 22.9 Å². The summed E-state index contributed by atoms with van der Waals surface area (Å²) in [5.74, 6) is 0. The van der Waals surface area contributed by atoms with Crippen molar-refractivity contribution in [3.8, 4) is 5.69 Å². The fraction of sp³-hybridized carbons (Fsp3) is 0.0556. The molecule has 0 radical (unpaired) electrons. The zero-order valence-electron chi connectivity index (χ0n) is 12.6. The maximum atomic E-state index is 13.0. The van der Waals surface area contributed by atoms with Gasteiger partial charge in [-0.25, -0.2) is 9.97 Å². The third-order valence-corrected chi connectivity index (χ3v) is 3.95. The van der Waals surface area contributed by atoms with E-state index >= 15 is 0 Å². The van der Waals surface area contributed by atoms with E-state index in [0.29, 0.717) is 11.3 Å². The van der Waals surface area contributed by atoms with E-state index in [1.54, 1.807) is 27.4 Å². The average molecular weight is 302 g/mol. The highest BCUT2D eigenvalue weighted by molar-refractivity contribution is 5.78. The van der Waals surface area contributed by atoms with Crippen LogP contribution in [0.25, 0.3) is 28.6 Å². The first-order chi connectivity index (χ1) is 11.2. The predicted octanol–water partition coefficient (Wildman–Crippen LogP) is 2.98. The molecule has 0 N–H and O–H groups in total. The third kappa shape index (κ3) is 1.90. The summed E-state index contributed by atoms with van der Waals surface area (Å²) < 4.78 is 3.40. The Bertz CT molecular complexity index is 1120. The number of benzene rings is 1. The van der Waals surface area contributed by atoms with Gasteiger partial charge in [0.25, 0.3) is 5.56 Å². The zero-order valence-corrected chi connectivity index (χ0v) is 12.6. The van der Waals surface area contributed by atoms with Crippen molar-refractivity contribution in [3.63, 3.8) is 0 Å².